The lowest BCUT2D eigenvalue weighted by molar-refractivity contribution is -0.114. The number of aliphatic imine (C=N–C) groups is 1. The maximum atomic E-state index is 11.2. The van der Waals surface area contributed by atoms with E-state index in [1.165, 1.54) is 32.1 Å². The summed E-state index contributed by atoms with van der Waals surface area (Å²) < 4.78 is 6.08. The summed E-state index contributed by atoms with van der Waals surface area (Å²) in [5.41, 5.74) is 7.76. The normalized spacial score (nSPS) is 22.7. The molecule has 0 spiro atoms. The highest BCUT2D eigenvalue weighted by molar-refractivity contribution is 5.98. The number of primary amides is 1. The molecule has 1 fully saturated rings. The van der Waals surface area contributed by atoms with E-state index < -0.39 is 0 Å². The Labute approximate surface area is 158 Å². The van der Waals surface area contributed by atoms with E-state index in [2.05, 4.69) is 25.6 Å². The van der Waals surface area contributed by atoms with Crippen molar-refractivity contribution in [3.8, 4) is 0 Å². The molecule has 1 atom stereocenters. The summed E-state index contributed by atoms with van der Waals surface area (Å²) in [6.07, 6.45) is 12.6. The number of amides is 1. The average Bonchev–Trinajstić information content (AvgIpc) is 3.16. The van der Waals surface area contributed by atoms with Crippen LogP contribution in [0.15, 0.2) is 34.7 Å². The van der Waals surface area contributed by atoms with Crippen molar-refractivity contribution in [3.63, 3.8) is 0 Å². The Morgan fingerprint density at radius 3 is 2.85 bits per heavy atom. The molecule has 0 radical (unpaired) electrons. The van der Waals surface area contributed by atoms with Crippen molar-refractivity contribution in [1.82, 2.24) is 15.3 Å². The van der Waals surface area contributed by atoms with Crippen molar-refractivity contribution in [2.45, 2.75) is 51.2 Å². The molecule has 1 saturated carbocycles. The number of aromatic amines is 1. The van der Waals surface area contributed by atoms with E-state index in [1.54, 1.807) is 12.4 Å². The third kappa shape index (κ3) is 4.15. The number of allylic oxidation sites excluding steroid dienone is 3. The standard InChI is InChI=1S/C19H26N6O2/c20-16(26)13-6-8-14(9-7-13)23-19-24-17-15(21-11-22-17)18(25-19)27-10-12-4-2-1-3-5-12/h6,8,11-12,19,23-24H,1-5,7,9-10H2,(H2,20,26)(H,21,22). The monoisotopic (exact) mass is 370 g/mol. The number of nitrogens with one attached hydrogen (secondary N) is 3. The number of aromatic nitrogens is 2. The number of carbonyl (C=O) groups excluding carboxylic acids is 1. The van der Waals surface area contributed by atoms with E-state index in [4.69, 9.17) is 10.5 Å². The van der Waals surface area contributed by atoms with Crippen molar-refractivity contribution in [1.29, 1.82) is 0 Å². The van der Waals surface area contributed by atoms with Crippen LogP contribution >= 0.6 is 0 Å². The Balaban J connectivity index is 1.43. The van der Waals surface area contributed by atoms with Crippen molar-refractivity contribution in [2.24, 2.45) is 16.6 Å². The summed E-state index contributed by atoms with van der Waals surface area (Å²) in [4.78, 5) is 23.3. The van der Waals surface area contributed by atoms with E-state index >= 15 is 0 Å². The molecule has 144 valence electrons. The van der Waals surface area contributed by atoms with Crippen molar-refractivity contribution >= 4 is 17.6 Å². The van der Waals surface area contributed by atoms with Crippen LogP contribution in [0.4, 0.5) is 5.82 Å². The highest BCUT2D eigenvalue weighted by atomic mass is 16.5. The second-order valence-corrected chi connectivity index (χ2v) is 7.31. The number of H-pyrrole nitrogens is 1. The highest BCUT2D eigenvalue weighted by Crippen LogP contribution is 2.26. The molecular formula is C19H26N6O2. The summed E-state index contributed by atoms with van der Waals surface area (Å²) in [5, 5.41) is 6.60. The lowest BCUT2D eigenvalue weighted by atomic mass is 9.90. The first kappa shape index (κ1) is 17.6. The van der Waals surface area contributed by atoms with Crippen molar-refractivity contribution in [3.05, 3.63) is 35.4 Å². The minimum absolute atomic E-state index is 0.362. The Morgan fingerprint density at radius 1 is 1.26 bits per heavy atom. The van der Waals surface area contributed by atoms with Gasteiger partial charge in [-0.25, -0.2) is 9.98 Å². The Kier molecular flexibility index (Phi) is 5.13. The molecule has 8 heteroatoms. The molecule has 1 amide bonds. The molecule has 3 aliphatic rings. The molecule has 2 heterocycles. The van der Waals surface area contributed by atoms with Gasteiger partial charge in [-0.3, -0.25) is 4.79 Å². The Hall–Kier alpha value is -2.77. The zero-order chi connectivity index (χ0) is 18.6. The zero-order valence-electron chi connectivity index (χ0n) is 15.3. The van der Waals surface area contributed by atoms with Gasteiger partial charge < -0.3 is 26.1 Å². The summed E-state index contributed by atoms with van der Waals surface area (Å²) in [6.45, 7) is 0.692. The quantitative estimate of drug-likeness (QED) is 0.633. The molecule has 1 aliphatic heterocycles. The van der Waals surface area contributed by atoms with Crippen LogP contribution in [0, 0.1) is 5.92 Å². The number of carbonyl (C=O) groups is 1. The van der Waals surface area contributed by atoms with Crippen LogP contribution in [0.25, 0.3) is 0 Å². The second kappa shape index (κ2) is 7.85. The molecule has 8 nitrogen and oxygen atoms in total. The van der Waals surface area contributed by atoms with Gasteiger partial charge in [-0.1, -0.05) is 25.3 Å². The fourth-order valence-corrected chi connectivity index (χ4v) is 3.78. The second-order valence-electron chi connectivity index (χ2n) is 7.31. The summed E-state index contributed by atoms with van der Waals surface area (Å²) in [5.74, 6) is 1.56. The van der Waals surface area contributed by atoms with Gasteiger partial charge in [0, 0.05) is 11.3 Å². The third-order valence-corrected chi connectivity index (χ3v) is 5.34. The average molecular weight is 370 g/mol. The molecule has 2 aliphatic carbocycles. The minimum atomic E-state index is -0.364. The number of fused-ring (bicyclic) bond motifs is 1. The van der Waals surface area contributed by atoms with Crippen LogP contribution in [0.1, 0.15) is 50.6 Å². The van der Waals surface area contributed by atoms with Gasteiger partial charge in [-0.2, -0.15) is 0 Å². The first-order chi connectivity index (χ1) is 13.2. The summed E-state index contributed by atoms with van der Waals surface area (Å²) in [7, 11) is 0. The first-order valence-electron chi connectivity index (χ1n) is 9.66. The molecule has 1 aromatic rings. The third-order valence-electron chi connectivity index (χ3n) is 5.34. The van der Waals surface area contributed by atoms with Crippen molar-refractivity contribution in [2.75, 3.05) is 11.9 Å². The van der Waals surface area contributed by atoms with Gasteiger partial charge in [0.05, 0.1) is 12.9 Å². The number of hydrogen-bond donors (Lipinski definition) is 4. The molecule has 27 heavy (non-hydrogen) atoms. The topological polar surface area (TPSA) is 117 Å². The van der Waals surface area contributed by atoms with Gasteiger partial charge in [0.2, 0.25) is 11.8 Å². The van der Waals surface area contributed by atoms with Gasteiger partial charge in [0.1, 0.15) is 5.69 Å². The predicted octanol–water partition coefficient (Wildman–Crippen LogP) is 2.14. The summed E-state index contributed by atoms with van der Waals surface area (Å²) >= 11 is 0. The van der Waals surface area contributed by atoms with Crippen LogP contribution in [0.3, 0.4) is 0 Å². The number of anilines is 1. The molecule has 5 N–H and O–H groups in total. The molecule has 4 rings (SSSR count). The van der Waals surface area contributed by atoms with E-state index in [1.807, 2.05) is 6.08 Å². The molecule has 0 saturated heterocycles. The largest absolute Gasteiger partial charge is 0.476 e. The minimum Gasteiger partial charge on any atom is -0.476 e. The number of rotatable bonds is 5. The van der Waals surface area contributed by atoms with Crippen LogP contribution < -0.4 is 16.4 Å². The summed E-state index contributed by atoms with van der Waals surface area (Å²) in [6, 6.07) is 0. The fraction of sp³-hybridized carbons (Fsp3) is 0.526. The predicted molar refractivity (Wildman–Crippen MR) is 103 cm³/mol. The molecule has 0 aromatic carbocycles. The molecule has 1 unspecified atom stereocenters. The van der Waals surface area contributed by atoms with Crippen LogP contribution in [-0.4, -0.2) is 34.7 Å². The van der Waals surface area contributed by atoms with Crippen LogP contribution in [0.5, 0.6) is 0 Å². The first-order valence-corrected chi connectivity index (χ1v) is 9.66. The number of imidazole rings is 1. The highest BCUT2D eigenvalue weighted by Gasteiger charge is 2.26. The molecule has 1 aromatic heterocycles. The van der Waals surface area contributed by atoms with Gasteiger partial charge in [-0.05, 0) is 37.7 Å². The van der Waals surface area contributed by atoms with Gasteiger partial charge >= 0.3 is 0 Å². The maximum Gasteiger partial charge on any atom is 0.244 e. The smallest absolute Gasteiger partial charge is 0.244 e. The SMILES string of the molecule is NC(=O)C1=CC=C(NC2N=C(OCC3CCCCC3)c3[nH]cnc3N2)CC1. The van der Waals surface area contributed by atoms with Gasteiger partial charge in [-0.15, -0.1) is 0 Å². The number of nitrogens with zero attached hydrogens (tertiary/aromatic N) is 2. The van der Waals surface area contributed by atoms with E-state index in [0.29, 0.717) is 36.8 Å². The number of hydrogen-bond acceptors (Lipinski definition) is 6. The number of nitrogens with two attached hydrogens (primary N) is 1. The molecule has 0 bridgehead atoms. The maximum absolute atomic E-state index is 11.2. The van der Waals surface area contributed by atoms with Crippen LogP contribution in [-0.2, 0) is 9.53 Å². The molecular weight excluding hydrogens is 344 g/mol. The van der Waals surface area contributed by atoms with E-state index in [0.717, 1.165) is 17.2 Å². The van der Waals surface area contributed by atoms with Crippen molar-refractivity contribution < 1.29 is 9.53 Å². The lowest BCUT2D eigenvalue weighted by Crippen LogP contribution is -2.39. The van der Waals surface area contributed by atoms with Gasteiger partial charge in [0.15, 0.2) is 12.1 Å². The van der Waals surface area contributed by atoms with Crippen LogP contribution in [0.2, 0.25) is 0 Å². The Bertz CT molecular complexity index is 788. The van der Waals surface area contributed by atoms with E-state index in [-0.39, 0.29) is 12.2 Å². The fourth-order valence-electron chi connectivity index (χ4n) is 3.78. The number of ether oxygens (including phenoxy) is 1. The van der Waals surface area contributed by atoms with Gasteiger partial charge in [0.25, 0.3) is 0 Å². The Morgan fingerprint density at radius 2 is 2.11 bits per heavy atom. The zero-order valence-corrected chi connectivity index (χ0v) is 15.3. The lowest BCUT2D eigenvalue weighted by Gasteiger charge is -2.27. The van der Waals surface area contributed by atoms with E-state index in [9.17, 15) is 4.79 Å².